The van der Waals surface area contributed by atoms with Gasteiger partial charge in [0, 0.05) is 13.1 Å². The monoisotopic (exact) mass is 269 g/mol. The zero-order valence-corrected chi connectivity index (χ0v) is 12.6. The Morgan fingerprint density at radius 3 is 2.85 bits per heavy atom. The standard InChI is InChI=1S/C17H23N3/c1-4-14-11-17(20(3)19-14)16(18-2)10-13-9-12-7-5-6-8-15(12)13/h5-8,11,13,16,18H,4,9-10H2,1-3H3. The smallest absolute Gasteiger partial charge is 0.0625 e. The normalized spacial score (nSPS) is 18.4. The first-order valence-corrected chi connectivity index (χ1v) is 7.50. The molecule has 0 saturated heterocycles. The van der Waals surface area contributed by atoms with Crippen LogP contribution in [0.4, 0.5) is 0 Å². The second kappa shape index (κ2) is 5.41. The van der Waals surface area contributed by atoms with E-state index in [1.807, 2.05) is 18.8 Å². The number of nitrogens with zero attached hydrogens (tertiary/aromatic N) is 2. The molecule has 2 atom stereocenters. The average Bonchev–Trinajstić information content (AvgIpc) is 2.82. The van der Waals surface area contributed by atoms with Crippen LogP contribution in [0, 0.1) is 0 Å². The van der Waals surface area contributed by atoms with E-state index in [0.29, 0.717) is 12.0 Å². The SMILES string of the molecule is CCc1cc(C(CC2Cc3ccccc32)NC)n(C)n1. The molecule has 20 heavy (non-hydrogen) atoms. The minimum atomic E-state index is 0.381. The van der Waals surface area contributed by atoms with Crippen LogP contribution in [0.1, 0.15) is 47.8 Å². The van der Waals surface area contributed by atoms with Crippen LogP contribution in [0.3, 0.4) is 0 Å². The van der Waals surface area contributed by atoms with Gasteiger partial charge in [0.05, 0.1) is 11.4 Å². The second-order valence-corrected chi connectivity index (χ2v) is 5.71. The maximum absolute atomic E-state index is 4.57. The van der Waals surface area contributed by atoms with Crippen LogP contribution < -0.4 is 5.32 Å². The highest BCUT2D eigenvalue weighted by Crippen LogP contribution is 2.40. The average molecular weight is 269 g/mol. The molecular formula is C17H23N3. The molecular weight excluding hydrogens is 246 g/mol. The summed E-state index contributed by atoms with van der Waals surface area (Å²) in [6.45, 7) is 2.16. The summed E-state index contributed by atoms with van der Waals surface area (Å²) in [5.74, 6) is 0.684. The fourth-order valence-electron chi connectivity index (χ4n) is 3.29. The summed E-state index contributed by atoms with van der Waals surface area (Å²) in [4.78, 5) is 0. The molecule has 0 bridgehead atoms. The quantitative estimate of drug-likeness (QED) is 0.904. The van der Waals surface area contributed by atoms with E-state index in [2.05, 4.69) is 47.7 Å². The number of nitrogens with one attached hydrogen (secondary N) is 1. The fraction of sp³-hybridized carbons (Fsp3) is 0.471. The highest BCUT2D eigenvalue weighted by molar-refractivity contribution is 5.40. The van der Waals surface area contributed by atoms with E-state index in [1.165, 1.54) is 28.9 Å². The molecule has 1 aliphatic rings. The van der Waals surface area contributed by atoms with E-state index >= 15 is 0 Å². The first kappa shape index (κ1) is 13.4. The van der Waals surface area contributed by atoms with Gasteiger partial charge in [0.1, 0.15) is 0 Å². The molecule has 2 aromatic rings. The second-order valence-electron chi connectivity index (χ2n) is 5.71. The Kier molecular flexibility index (Phi) is 3.62. The van der Waals surface area contributed by atoms with Crippen molar-refractivity contribution in [2.75, 3.05) is 7.05 Å². The third-order valence-corrected chi connectivity index (χ3v) is 4.52. The van der Waals surface area contributed by atoms with Crippen molar-refractivity contribution in [2.24, 2.45) is 7.05 Å². The van der Waals surface area contributed by atoms with E-state index < -0.39 is 0 Å². The molecule has 0 fully saturated rings. The van der Waals surface area contributed by atoms with Crippen molar-refractivity contribution < 1.29 is 0 Å². The number of benzene rings is 1. The van der Waals surface area contributed by atoms with E-state index in [9.17, 15) is 0 Å². The van der Waals surface area contributed by atoms with Crippen molar-refractivity contribution in [2.45, 2.75) is 38.1 Å². The minimum absolute atomic E-state index is 0.381. The lowest BCUT2D eigenvalue weighted by molar-refractivity contribution is 0.432. The van der Waals surface area contributed by atoms with Gasteiger partial charge < -0.3 is 5.32 Å². The van der Waals surface area contributed by atoms with Crippen LogP contribution in [-0.2, 0) is 19.9 Å². The van der Waals surface area contributed by atoms with E-state index in [4.69, 9.17) is 0 Å². The maximum Gasteiger partial charge on any atom is 0.0625 e. The highest BCUT2D eigenvalue weighted by atomic mass is 15.3. The molecule has 0 spiro atoms. The summed E-state index contributed by atoms with van der Waals surface area (Å²) in [6, 6.07) is 11.4. The van der Waals surface area contributed by atoms with Crippen LogP contribution in [0.25, 0.3) is 0 Å². The molecule has 1 heterocycles. The van der Waals surface area contributed by atoms with Crippen LogP contribution in [-0.4, -0.2) is 16.8 Å². The molecule has 3 nitrogen and oxygen atoms in total. The van der Waals surface area contributed by atoms with Gasteiger partial charge in [0.25, 0.3) is 0 Å². The largest absolute Gasteiger partial charge is 0.312 e. The van der Waals surface area contributed by atoms with Crippen molar-refractivity contribution in [1.82, 2.24) is 15.1 Å². The number of fused-ring (bicyclic) bond motifs is 1. The highest BCUT2D eigenvalue weighted by Gasteiger charge is 2.29. The molecule has 2 unspecified atom stereocenters. The number of rotatable bonds is 5. The molecule has 1 N–H and O–H groups in total. The molecule has 0 aliphatic heterocycles. The Morgan fingerprint density at radius 2 is 2.20 bits per heavy atom. The van der Waals surface area contributed by atoms with Gasteiger partial charge >= 0.3 is 0 Å². The summed E-state index contributed by atoms with van der Waals surface area (Å²) in [5, 5.41) is 8.04. The van der Waals surface area contributed by atoms with Gasteiger partial charge in [0.2, 0.25) is 0 Å². The summed E-state index contributed by atoms with van der Waals surface area (Å²) < 4.78 is 2.03. The molecule has 0 radical (unpaired) electrons. The predicted octanol–water partition coefficient (Wildman–Crippen LogP) is 2.97. The Labute approximate surface area is 121 Å². The van der Waals surface area contributed by atoms with Crippen molar-refractivity contribution in [3.8, 4) is 0 Å². The zero-order chi connectivity index (χ0) is 14.1. The van der Waals surface area contributed by atoms with Crippen LogP contribution in [0.5, 0.6) is 0 Å². The molecule has 1 aromatic carbocycles. The third-order valence-electron chi connectivity index (χ3n) is 4.52. The Bertz CT molecular complexity index is 600. The number of hydrogen-bond donors (Lipinski definition) is 1. The summed E-state index contributed by atoms with van der Waals surface area (Å²) in [5.41, 5.74) is 5.53. The third kappa shape index (κ3) is 2.27. The molecule has 3 heteroatoms. The lowest BCUT2D eigenvalue weighted by Gasteiger charge is -2.33. The van der Waals surface area contributed by atoms with Crippen LogP contribution in [0.15, 0.2) is 30.3 Å². The molecule has 0 amide bonds. The van der Waals surface area contributed by atoms with Crippen molar-refractivity contribution in [3.05, 3.63) is 52.8 Å². The topological polar surface area (TPSA) is 29.9 Å². The van der Waals surface area contributed by atoms with Crippen molar-refractivity contribution >= 4 is 0 Å². The molecule has 0 saturated carbocycles. The summed E-state index contributed by atoms with van der Waals surface area (Å²) in [6.07, 6.45) is 3.36. The number of hydrogen-bond acceptors (Lipinski definition) is 2. The van der Waals surface area contributed by atoms with Gasteiger partial charge in [-0.15, -0.1) is 0 Å². The first-order chi connectivity index (χ1) is 9.72. The van der Waals surface area contributed by atoms with Crippen molar-refractivity contribution in [1.29, 1.82) is 0 Å². The van der Waals surface area contributed by atoms with Gasteiger partial charge in [0.15, 0.2) is 0 Å². The maximum atomic E-state index is 4.57. The minimum Gasteiger partial charge on any atom is -0.312 e. The molecule has 106 valence electrons. The fourth-order valence-corrected chi connectivity index (χ4v) is 3.29. The lowest BCUT2D eigenvalue weighted by Crippen LogP contribution is -2.26. The number of aryl methyl sites for hydroxylation is 2. The van der Waals surface area contributed by atoms with E-state index in [1.54, 1.807) is 0 Å². The van der Waals surface area contributed by atoms with Gasteiger partial charge in [-0.2, -0.15) is 5.10 Å². The van der Waals surface area contributed by atoms with Gasteiger partial charge in [-0.1, -0.05) is 31.2 Å². The van der Waals surface area contributed by atoms with Crippen LogP contribution >= 0.6 is 0 Å². The lowest BCUT2D eigenvalue weighted by atomic mass is 9.74. The van der Waals surface area contributed by atoms with Gasteiger partial charge in [-0.25, -0.2) is 0 Å². The molecule has 1 aromatic heterocycles. The number of aromatic nitrogens is 2. The predicted molar refractivity (Wildman–Crippen MR) is 81.9 cm³/mol. The molecule has 3 rings (SSSR count). The molecule has 1 aliphatic carbocycles. The summed E-state index contributed by atoms with van der Waals surface area (Å²) >= 11 is 0. The first-order valence-electron chi connectivity index (χ1n) is 7.50. The van der Waals surface area contributed by atoms with Gasteiger partial charge in [-0.3, -0.25) is 4.68 Å². The van der Waals surface area contributed by atoms with Gasteiger partial charge in [-0.05, 0) is 49.4 Å². The van der Waals surface area contributed by atoms with E-state index in [-0.39, 0.29) is 0 Å². The summed E-state index contributed by atoms with van der Waals surface area (Å²) in [7, 11) is 4.10. The Morgan fingerprint density at radius 1 is 1.40 bits per heavy atom. The van der Waals surface area contributed by atoms with Crippen LogP contribution in [0.2, 0.25) is 0 Å². The van der Waals surface area contributed by atoms with E-state index in [0.717, 1.165) is 12.8 Å². The zero-order valence-electron chi connectivity index (χ0n) is 12.6. The van der Waals surface area contributed by atoms with Crippen molar-refractivity contribution in [3.63, 3.8) is 0 Å². The Balaban J connectivity index is 1.77. The Hall–Kier alpha value is -1.61.